The monoisotopic (exact) mass is 290 g/mol. The molecule has 0 aliphatic heterocycles. The molecule has 1 aliphatic rings. The van der Waals surface area contributed by atoms with Crippen LogP contribution in [0.1, 0.15) is 46.7 Å². The molecule has 2 aromatic carbocycles. The van der Waals surface area contributed by atoms with E-state index >= 15 is 0 Å². The molecule has 0 radical (unpaired) electrons. The van der Waals surface area contributed by atoms with E-state index in [0.29, 0.717) is 17.7 Å². The Labute approximate surface area is 120 Å². The van der Waals surface area contributed by atoms with Crippen LogP contribution in [0.4, 0.5) is 13.2 Å². The predicted molar refractivity (Wildman–Crippen MR) is 72.8 cm³/mol. The Kier molecular flexibility index (Phi) is 3.53. The van der Waals surface area contributed by atoms with Crippen LogP contribution in [-0.4, -0.2) is 5.78 Å². The zero-order chi connectivity index (χ0) is 15.0. The van der Waals surface area contributed by atoms with Gasteiger partial charge >= 0.3 is 0 Å². The quantitative estimate of drug-likeness (QED) is 0.755. The lowest BCUT2D eigenvalue weighted by Gasteiger charge is -2.27. The van der Waals surface area contributed by atoms with Gasteiger partial charge in [0.05, 0.1) is 5.56 Å². The van der Waals surface area contributed by atoms with Crippen LogP contribution in [0.5, 0.6) is 0 Å². The summed E-state index contributed by atoms with van der Waals surface area (Å²) in [7, 11) is 0. The molecular formula is C17H13F3O. The van der Waals surface area contributed by atoms with Crippen LogP contribution in [0.15, 0.2) is 36.4 Å². The minimum Gasteiger partial charge on any atom is -0.288 e. The van der Waals surface area contributed by atoms with Gasteiger partial charge in [0, 0.05) is 17.7 Å². The average Bonchev–Trinajstić information content (AvgIpc) is 2.36. The lowest BCUT2D eigenvalue weighted by Crippen LogP contribution is -2.16. The molecule has 1 nitrogen and oxygen atoms in total. The maximum atomic E-state index is 13.8. The van der Waals surface area contributed by atoms with Crippen molar-refractivity contribution in [3.63, 3.8) is 0 Å². The second-order valence-corrected chi connectivity index (χ2v) is 5.29. The van der Waals surface area contributed by atoms with Gasteiger partial charge in [-0.1, -0.05) is 30.7 Å². The molecule has 21 heavy (non-hydrogen) atoms. The second-order valence-electron chi connectivity index (χ2n) is 5.29. The number of ketones is 1. The van der Waals surface area contributed by atoms with Crippen LogP contribution in [-0.2, 0) is 0 Å². The van der Waals surface area contributed by atoms with Gasteiger partial charge in [0.15, 0.2) is 5.78 Å². The topological polar surface area (TPSA) is 17.1 Å². The van der Waals surface area contributed by atoms with Gasteiger partial charge in [-0.2, -0.15) is 0 Å². The Balaban J connectivity index is 2.07. The van der Waals surface area contributed by atoms with Gasteiger partial charge in [-0.05, 0) is 24.3 Å². The second kappa shape index (κ2) is 5.35. The Morgan fingerprint density at radius 1 is 1.00 bits per heavy atom. The van der Waals surface area contributed by atoms with Gasteiger partial charge in [0.2, 0.25) is 0 Å². The summed E-state index contributed by atoms with van der Waals surface area (Å²) in [5, 5.41) is 0. The number of carbonyl (C=O) groups excluding carboxylic acids is 1. The van der Waals surface area contributed by atoms with E-state index < -0.39 is 28.8 Å². The molecule has 0 bridgehead atoms. The molecule has 0 saturated heterocycles. The highest BCUT2D eigenvalue weighted by Gasteiger charge is 2.27. The van der Waals surface area contributed by atoms with Crippen LogP contribution in [0, 0.1) is 17.5 Å². The third-order valence-corrected chi connectivity index (χ3v) is 3.98. The molecule has 3 rings (SSSR count). The Hall–Kier alpha value is -2.10. The van der Waals surface area contributed by atoms with Crippen molar-refractivity contribution in [2.24, 2.45) is 0 Å². The summed E-state index contributed by atoms with van der Waals surface area (Å²) < 4.78 is 40.5. The maximum absolute atomic E-state index is 13.8. The van der Waals surface area contributed by atoms with E-state index in [2.05, 4.69) is 0 Å². The average molecular weight is 290 g/mol. The Morgan fingerprint density at radius 2 is 1.62 bits per heavy atom. The molecule has 0 aromatic heterocycles. The van der Waals surface area contributed by atoms with Crippen LogP contribution in [0.3, 0.4) is 0 Å². The predicted octanol–water partition coefficient (Wildman–Crippen LogP) is 4.60. The summed E-state index contributed by atoms with van der Waals surface area (Å²) in [6.07, 6.45) is 3.03. The Morgan fingerprint density at radius 3 is 2.19 bits per heavy atom. The van der Waals surface area contributed by atoms with Crippen molar-refractivity contribution in [2.75, 3.05) is 0 Å². The summed E-state index contributed by atoms with van der Waals surface area (Å²) >= 11 is 0. The number of benzene rings is 2. The third-order valence-electron chi connectivity index (χ3n) is 3.98. The Bertz CT molecular complexity index is 682. The van der Waals surface area contributed by atoms with E-state index in [1.54, 1.807) is 12.1 Å². The molecular weight excluding hydrogens is 277 g/mol. The molecule has 0 atom stereocenters. The van der Waals surface area contributed by atoms with Gasteiger partial charge in [0.1, 0.15) is 17.5 Å². The summed E-state index contributed by atoms with van der Waals surface area (Å²) in [4.78, 5) is 12.5. The number of carbonyl (C=O) groups is 1. The molecule has 1 aliphatic carbocycles. The van der Waals surface area contributed by atoms with Crippen LogP contribution < -0.4 is 0 Å². The molecule has 0 heterocycles. The fourth-order valence-electron chi connectivity index (χ4n) is 2.67. The molecule has 4 heteroatoms. The third kappa shape index (κ3) is 2.46. The number of hydrogen-bond donors (Lipinski definition) is 0. The maximum Gasteiger partial charge on any atom is 0.199 e. The van der Waals surface area contributed by atoms with Crippen LogP contribution >= 0.6 is 0 Å². The fourth-order valence-corrected chi connectivity index (χ4v) is 2.67. The van der Waals surface area contributed by atoms with E-state index in [-0.39, 0.29) is 5.92 Å². The van der Waals surface area contributed by atoms with Crippen molar-refractivity contribution in [2.45, 2.75) is 25.2 Å². The van der Waals surface area contributed by atoms with Crippen molar-refractivity contribution >= 4 is 5.78 Å². The number of hydrogen-bond acceptors (Lipinski definition) is 1. The molecule has 0 spiro atoms. The first kappa shape index (κ1) is 13.9. The first-order valence-corrected chi connectivity index (χ1v) is 6.86. The fraction of sp³-hybridized carbons (Fsp3) is 0.235. The van der Waals surface area contributed by atoms with Gasteiger partial charge in [-0.3, -0.25) is 4.79 Å². The van der Waals surface area contributed by atoms with E-state index in [1.807, 2.05) is 12.1 Å². The molecule has 1 saturated carbocycles. The van der Waals surface area contributed by atoms with Gasteiger partial charge in [-0.15, -0.1) is 0 Å². The standard InChI is InChI=1S/C17H13F3O/c18-11-8-14(19)16(15(20)9-11)17(21)13-7-2-1-6-12(13)10-4-3-5-10/h1-2,6-10H,3-5H2. The van der Waals surface area contributed by atoms with E-state index in [9.17, 15) is 18.0 Å². The van der Waals surface area contributed by atoms with Crippen molar-refractivity contribution < 1.29 is 18.0 Å². The number of rotatable bonds is 3. The lowest BCUT2D eigenvalue weighted by molar-refractivity contribution is 0.102. The minimum absolute atomic E-state index is 0.261. The summed E-state index contributed by atoms with van der Waals surface area (Å²) in [5.74, 6) is -3.83. The molecule has 1 fully saturated rings. The first-order chi connectivity index (χ1) is 10.1. The van der Waals surface area contributed by atoms with E-state index in [4.69, 9.17) is 0 Å². The van der Waals surface area contributed by atoms with Crippen LogP contribution in [0.25, 0.3) is 0 Å². The SMILES string of the molecule is O=C(c1ccccc1C1CCC1)c1c(F)cc(F)cc1F. The highest BCUT2D eigenvalue weighted by molar-refractivity contribution is 6.10. The first-order valence-electron chi connectivity index (χ1n) is 6.86. The number of halogens is 3. The zero-order valence-electron chi connectivity index (χ0n) is 11.2. The zero-order valence-corrected chi connectivity index (χ0v) is 11.2. The normalized spacial score (nSPS) is 14.8. The molecule has 108 valence electrons. The largest absolute Gasteiger partial charge is 0.288 e. The van der Waals surface area contributed by atoms with Crippen LogP contribution in [0.2, 0.25) is 0 Å². The molecule has 0 N–H and O–H groups in total. The van der Waals surface area contributed by atoms with Crippen molar-refractivity contribution in [3.05, 3.63) is 70.5 Å². The van der Waals surface area contributed by atoms with Crippen molar-refractivity contribution in [1.29, 1.82) is 0 Å². The molecule has 2 aromatic rings. The molecule has 0 unspecified atom stereocenters. The molecule has 0 amide bonds. The summed E-state index contributed by atoms with van der Waals surface area (Å²) in [6.45, 7) is 0. The van der Waals surface area contributed by atoms with E-state index in [0.717, 1.165) is 24.8 Å². The van der Waals surface area contributed by atoms with Crippen molar-refractivity contribution in [3.8, 4) is 0 Å². The summed E-state index contributed by atoms with van der Waals surface area (Å²) in [6, 6.07) is 7.91. The highest BCUT2D eigenvalue weighted by Crippen LogP contribution is 2.38. The summed E-state index contributed by atoms with van der Waals surface area (Å²) in [5.41, 5.74) is 0.423. The van der Waals surface area contributed by atoms with Gasteiger partial charge in [0.25, 0.3) is 0 Å². The smallest absolute Gasteiger partial charge is 0.199 e. The minimum atomic E-state index is -1.17. The van der Waals surface area contributed by atoms with Crippen molar-refractivity contribution in [1.82, 2.24) is 0 Å². The van der Waals surface area contributed by atoms with Gasteiger partial charge < -0.3 is 0 Å². The van der Waals surface area contributed by atoms with E-state index in [1.165, 1.54) is 0 Å². The highest BCUT2D eigenvalue weighted by atomic mass is 19.1. The lowest BCUT2D eigenvalue weighted by atomic mass is 9.77. The van der Waals surface area contributed by atoms with Gasteiger partial charge in [-0.25, -0.2) is 13.2 Å².